The van der Waals surface area contributed by atoms with Crippen molar-refractivity contribution in [1.29, 1.82) is 0 Å². The van der Waals surface area contributed by atoms with Crippen molar-refractivity contribution in [3.05, 3.63) is 46.4 Å². The molecule has 0 aliphatic rings. The number of thiazole rings is 1. The molecule has 2 rings (SSSR count). The number of benzene rings is 1. The quantitative estimate of drug-likeness (QED) is 0.851. The van der Waals surface area contributed by atoms with Crippen LogP contribution in [0.2, 0.25) is 0 Å². The predicted octanol–water partition coefficient (Wildman–Crippen LogP) is 1.72. The molecule has 0 bridgehead atoms. The maximum atomic E-state index is 12.1. The third-order valence-electron chi connectivity index (χ3n) is 2.83. The van der Waals surface area contributed by atoms with Gasteiger partial charge in [0.25, 0.3) is 0 Å². The van der Waals surface area contributed by atoms with Gasteiger partial charge in [-0.2, -0.15) is 0 Å². The third kappa shape index (κ3) is 3.86. The Bertz CT molecular complexity index is 635. The van der Waals surface area contributed by atoms with Gasteiger partial charge in [-0.25, -0.2) is 18.1 Å². The second-order valence-electron chi connectivity index (χ2n) is 4.37. The molecular formula is C13H16N2O3S2. The van der Waals surface area contributed by atoms with E-state index >= 15 is 0 Å². The fraction of sp³-hybridized carbons (Fsp3) is 0.308. The maximum absolute atomic E-state index is 12.1. The number of hydrogen-bond acceptors (Lipinski definition) is 5. The molecule has 1 aromatic heterocycles. The minimum absolute atomic E-state index is 0.195. The Morgan fingerprint density at radius 3 is 2.60 bits per heavy atom. The molecule has 0 aliphatic heterocycles. The molecule has 1 unspecified atom stereocenters. The molecule has 0 amide bonds. The minimum atomic E-state index is -3.51. The Balaban J connectivity index is 1.99. The smallest absolute Gasteiger partial charge is 0.240 e. The second-order valence-corrected chi connectivity index (χ2v) is 6.86. The van der Waals surface area contributed by atoms with Crippen molar-refractivity contribution in [1.82, 2.24) is 9.71 Å². The van der Waals surface area contributed by atoms with Gasteiger partial charge in [-0.15, -0.1) is 11.3 Å². The molecule has 0 radical (unpaired) electrons. The lowest BCUT2D eigenvalue weighted by Crippen LogP contribution is -2.26. The van der Waals surface area contributed by atoms with E-state index in [2.05, 4.69) is 9.71 Å². The lowest BCUT2D eigenvalue weighted by Gasteiger charge is -2.08. The zero-order chi connectivity index (χ0) is 14.6. The summed E-state index contributed by atoms with van der Waals surface area (Å²) in [6, 6.07) is 6.21. The highest BCUT2D eigenvalue weighted by molar-refractivity contribution is 7.89. The molecule has 0 spiro atoms. The van der Waals surface area contributed by atoms with Crippen molar-refractivity contribution >= 4 is 21.4 Å². The molecular weight excluding hydrogens is 296 g/mol. The molecule has 5 nitrogen and oxygen atoms in total. The third-order valence-corrected chi connectivity index (χ3v) is 4.94. The number of aromatic nitrogens is 1. The molecule has 0 aliphatic carbocycles. The van der Waals surface area contributed by atoms with Gasteiger partial charge in [0.05, 0.1) is 22.2 Å². The number of aliphatic hydroxyl groups is 1. The Morgan fingerprint density at radius 1 is 1.35 bits per heavy atom. The summed E-state index contributed by atoms with van der Waals surface area (Å²) in [5.41, 5.74) is 3.28. The van der Waals surface area contributed by atoms with Gasteiger partial charge in [-0.1, -0.05) is 12.1 Å². The van der Waals surface area contributed by atoms with Crippen LogP contribution in [0.15, 0.2) is 40.1 Å². The number of hydrogen-bond donors (Lipinski definition) is 2. The monoisotopic (exact) mass is 312 g/mol. The van der Waals surface area contributed by atoms with Gasteiger partial charge >= 0.3 is 0 Å². The molecule has 2 N–H and O–H groups in total. The molecule has 0 saturated heterocycles. The van der Waals surface area contributed by atoms with E-state index in [9.17, 15) is 13.5 Å². The van der Waals surface area contributed by atoms with Gasteiger partial charge < -0.3 is 5.11 Å². The van der Waals surface area contributed by atoms with Crippen molar-refractivity contribution < 1.29 is 13.5 Å². The van der Waals surface area contributed by atoms with E-state index in [1.807, 2.05) is 5.38 Å². The average Bonchev–Trinajstić information content (AvgIpc) is 2.92. The van der Waals surface area contributed by atoms with Crippen LogP contribution in [0, 0.1) is 0 Å². The number of nitrogens with one attached hydrogen (secondary N) is 1. The summed E-state index contributed by atoms with van der Waals surface area (Å²) in [5.74, 6) is 0. The second kappa shape index (κ2) is 6.45. The molecule has 108 valence electrons. The largest absolute Gasteiger partial charge is 0.389 e. The first-order chi connectivity index (χ1) is 9.49. The Hall–Kier alpha value is -1.28. The summed E-state index contributed by atoms with van der Waals surface area (Å²) in [4.78, 5) is 4.29. The number of rotatable bonds is 6. The van der Waals surface area contributed by atoms with Gasteiger partial charge in [0.15, 0.2) is 0 Å². The molecule has 1 heterocycles. The molecule has 7 heteroatoms. The standard InChI is InChI=1S/C13H16N2O3S2/c1-10(16)11-2-4-13(5-3-11)20(17,18)15-7-6-12-8-19-9-14-12/h2-5,8-10,15-16H,6-7H2,1H3. The van der Waals surface area contributed by atoms with E-state index in [1.165, 1.54) is 23.5 Å². The minimum Gasteiger partial charge on any atom is -0.389 e. The summed E-state index contributed by atoms with van der Waals surface area (Å²) in [7, 11) is -3.51. The van der Waals surface area contributed by atoms with Crippen molar-refractivity contribution in [2.24, 2.45) is 0 Å². The van der Waals surface area contributed by atoms with Crippen LogP contribution in [0.4, 0.5) is 0 Å². The van der Waals surface area contributed by atoms with Crippen LogP contribution >= 0.6 is 11.3 Å². The number of sulfonamides is 1. The van der Waals surface area contributed by atoms with Gasteiger partial charge in [0.2, 0.25) is 10.0 Å². The van der Waals surface area contributed by atoms with Crippen LogP contribution in [-0.4, -0.2) is 25.1 Å². The highest BCUT2D eigenvalue weighted by Crippen LogP contribution is 2.15. The van der Waals surface area contributed by atoms with E-state index in [0.29, 0.717) is 18.5 Å². The van der Waals surface area contributed by atoms with E-state index in [4.69, 9.17) is 0 Å². The first-order valence-electron chi connectivity index (χ1n) is 6.14. The van der Waals surface area contributed by atoms with Crippen LogP contribution in [-0.2, 0) is 16.4 Å². The van der Waals surface area contributed by atoms with Crippen LogP contribution in [0.5, 0.6) is 0 Å². The summed E-state index contributed by atoms with van der Waals surface area (Å²) in [5, 5.41) is 11.3. The zero-order valence-electron chi connectivity index (χ0n) is 11.0. The van der Waals surface area contributed by atoms with Crippen molar-refractivity contribution in [3.8, 4) is 0 Å². The van der Waals surface area contributed by atoms with Gasteiger partial charge in [0, 0.05) is 18.3 Å². The molecule has 1 atom stereocenters. The van der Waals surface area contributed by atoms with Gasteiger partial charge in [-0.05, 0) is 24.6 Å². The molecule has 0 saturated carbocycles. The van der Waals surface area contributed by atoms with Crippen LogP contribution in [0.25, 0.3) is 0 Å². The fourth-order valence-corrected chi connectivity index (χ4v) is 3.31. The van der Waals surface area contributed by atoms with E-state index in [1.54, 1.807) is 24.6 Å². The van der Waals surface area contributed by atoms with Crippen LogP contribution in [0.3, 0.4) is 0 Å². The first-order valence-corrected chi connectivity index (χ1v) is 8.56. The molecule has 0 fully saturated rings. The highest BCUT2D eigenvalue weighted by Gasteiger charge is 2.13. The van der Waals surface area contributed by atoms with Gasteiger partial charge in [0.1, 0.15) is 0 Å². The Labute approximate surface area is 122 Å². The van der Waals surface area contributed by atoms with Crippen molar-refractivity contribution in [3.63, 3.8) is 0 Å². The fourth-order valence-electron chi connectivity index (χ4n) is 1.68. The predicted molar refractivity (Wildman–Crippen MR) is 78.1 cm³/mol. The summed E-state index contributed by atoms with van der Waals surface area (Å²) in [6.07, 6.45) is -0.0431. The molecule has 1 aromatic carbocycles. The Morgan fingerprint density at radius 2 is 2.05 bits per heavy atom. The number of nitrogens with zero attached hydrogens (tertiary/aromatic N) is 1. The van der Waals surface area contributed by atoms with Gasteiger partial charge in [-0.3, -0.25) is 0 Å². The van der Waals surface area contributed by atoms with E-state index in [0.717, 1.165) is 5.69 Å². The van der Waals surface area contributed by atoms with Crippen molar-refractivity contribution in [2.45, 2.75) is 24.3 Å². The highest BCUT2D eigenvalue weighted by atomic mass is 32.2. The summed E-state index contributed by atoms with van der Waals surface area (Å²) < 4.78 is 26.6. The Kier molecular flexibility index (Phi) is 4.87. The first kappa shape index (κ1) is 15.1. The molecule has 20 heavy (non-hydrogen) atoms. The topological polar surface area (TPSA) is 79.3 Å². The lowest BCUT2D eigenvalue weighted by molar-refractivity contribution is 0.199. The van der Waals surface area contributed by atoms with E-state index in [-0.39, 0.29) is 4.90 Å². The summed E-state index contributed by atoms with van der Waals surface area (Å²) in [6.45, 7) is 1.94. The lowest BCUT2D eigenvalue weighted by atomic mass is 10.1. The maximum Gasteiger partial charge on any atom is 0.240 e. The zero-order valence-corrected chi connectivity index (χ0v) is 12.6. The summed E-state index contributed by atoms with van der Waals surface area (Å²) >= 11 is 1.49. The van der Waals surface area contributed by atoms with Crippen LogP contribution in [0.1, 0.15) is 24.3 Å². The number of aliphatic hydroxyl groups excluding tert-OH is 1. The van der Waals surface area contributed by atoms with E-state index < -0.39 is 16.1 Å². The molecule has 2 aromatic rings. The van der Waals surface area contributed by atoms with Crippen molar-refractivity contribution in [2.75, 3.05) is 6.54 Å². The van der Waals surface area contributed by atoms with Crippen LogP contribution < -0.4 is 4.72 Å². The normalized spacial score (nSPS) is 13.3. The average molecular weight is 312 g/mol. The SMILES string of the molecule is CC(O)c1ccc(S(=O)(=O)NCCc2cscn2)cc1.